The predicted molar refractivity (Wildman–Crippen MR) is 122 cm³/mol. The molecule has 0 radical (unpaired) electrons. The minimum Gasteiger partial charge on any atom is -0.325 e. The van der Waals surface area contributed by atoms with E-state index in [1.807, 2.05) is 37.3 Å². The highest BCUT2D eigenvalue weighted by atomic mass is 16.2. The molecule has 1 atom stereocenters. The SMILES string of the molecule is Cc1nc(C2CCCN2CC(=O)Nc2ccc3ncccc3c2)nc2c1CCC(=O)N2C. The summed E-state index contributed by atoms with van der Waals surface area (Å²) in [7, 11) is 1.77. The molecule has 3 aromatic rings. The van der Waals surface area contributed by atoms with Gasteiger partial charge in [-0.3, -0.25) is 24.4 Å². The standard InChI is InChI=1S/C24H26N6O2/c1-15-18-8-10-22(32)29(2)24(18)28-23(26-15)20-6-4-12-30(20)14-21(31)27-17-7-9-19-16(13-17)5-3-11-25-19/h3,5,7,9,11,13,20H,4,6,8,10,12,14H2,1-2H3,(H,27,31). The number of nitrogens with one attached hydrogen (secondary N) is 1. The largest absolute Gasteiger partial charge is 0.325 e. The summed E-state index contributed by atoms with van der Waals surface area (Å²) in [6.07, 6.45) is 4.81. The number of pyridine rings is 1. The van der Waals surface area contributed by atoms with E-state index >= 15 is 0 Å². The number of likely N-dealkylation sites (tertiary alicyclic amines) is 1. The number of nitrogens with zero attached hydrogens (tertiary/aromatic N) is 5. The second-order valence-corrected chi connectivity index (χ2v) is 8.51. The maximum absolute atomic E-state index is 12.8. The first-order valence-corrected chi connectivity index (χ1v) is 11.0. The van der Waals surface area contributed by atoms with Gasteiger partial charge >= 0.3 is 0 Å². The monoisotopic (exact) mass is 430 g/mol. The van der Waals surface area contributed by atoms with E-state index in [2.05, 4.69) is 15.2 Å². The Kier molecular flexibility index (Phi) is 5.30. The number of hydrogen-bond donors (Lipinski definition) is 1. The van der Waals surface area contributed by atoms with E-state index in [4.69, 9.17) is 9.97 Å². The molecule has 2 amide bonds. The van der Waals surface area contributed by atoms with Gasteiger partial charge in [0.2, 0.25) is 11.8 Å². The Balaban J connectivity index is 1.33. The molecule has 0 aliphatic carbocycles. The van der Waals surface area contributed by atoms with Crippen molar-refractivity contribution >= 4 is 34.2 Å². The van der Waals surface area contributed by atoms with Crippen LogP contribution in [-0.4, -0.2) is 51.8 Å². The lowest BCUT2D eigenvalue weighted by molar-refractivity contribution is -0.119. The van der Waals surface area contributed by atoms with Crippen LogP contribution in [0.25, 0.3) is 10.9 Å². The molecular formula is C24H26N6O2. The summed E-state index contributed by atoms with van der Waals surface area (Å²) in [6.45, 7) is 3.06. The van der Waals surface area contributed by atoms with Crippen LogP contribution in [0.4, 0.5) is 11.5 Å². The van der Waals surface area contributed by atoms with E-state index in [1.54, 1.807) is 18.1 Å². The van der Waals surface area contributed by atoms with Crippen LogP contribution in [0.15, 0.2) is 36.5 Å². The van der Waals surface area contributed by atoms with E-state index in [-0.39, 0.29) is 24.4 Å². The molecule has 32 heavy (non-hydrogen) atoms. The number of hydrogen-bond acceptors (Lipinski definition) is 6. The molecule has 1 unspecified atom stereocenters. The Hall–Kier alpha value is -3.39. The van der Waals surface area contributed by atoms with Crippen molar-refractivity contribution in [1.29, 1.82) is 0 Å². The van der Waals surface area contributed by atoms with Crippen LogP contribution in [0, 0.1) is 6.92 Å². The van der Waals surface area contributed by atoms with Crippen molar-refractivity contribution in [3.8, 4) is 0 Å². The summed E-state index contributed by atoms with van der Waals surface area (Å²) < 4.78 is 0. The van der Waals surface area contributed by atoms with E-state index in [0.717, 1.165) is 47.2 Å². The van der Waals surface area contributed by atoms with Crippen molar-refractivity contribution in [2.75, 3.05) is 30.4 Å². The van der Waals surface area contributed by atoms with Crippen molar-refractivity contribution in [2.24, 2.45) is 0 Å². The van der Waals surface area contributed by atoms with E-state index in [0.29, 0.717) is 24.5 Å². The first-order valence-electron chi connectivity index (χ1n) is 11.0. The molecular weight excluding hydrogens is 404 g/mol. The van der Waals surface area contributed by atoms with Crippen molar-refractivity contribution in [1.82, 2.24) is 19.9 Å². The van der Waals surface area contributed by atoms with E-state index in [9.17, 15) is 9.59 Å². The molecule has 8 heteroatoms. The third-order valence-corrected chi connectivity index (χ3v) is 6.39. The van der Waals surface area contributed by atoms with Gasteiger partial charge in [-0.25, -0.2) is 9.97 Å². The predicted octanol–water partition coefficient (Wildman–Crippen LogP) is 3.02. The van der Waals surface area contributed by atoms with Crippen molar-refractivity contribution in [3.63, 3.8) is 0 Å². The van der Waals surface area contributed by atoms with E-state index in [1.165, 1.54) is 0 Å². The van der Waals surface area contributed by atoms with Gasteiger partial charge in [0, 0.05) is 42.0 Å². The van der Waals surface area contributed by atoms with Gasteiger partial charge in [-0.2, -0.15) is 0 Å². The first-order chi connectivity index (χ1) is 15.5. The average molecular weight is 431 g/mol. The van der Waals surface area contributed by atoms with Gasteiger partial charge in [-0.1, -0.05) is 6.07 Å². The average Bonchev–Trinajstić information content (AvgIpc) is 3.24. The molecule has 1 fully saturated rings. The normalized spacial score (nSPS) is 18.8. The first kappa shape index (κ1) is 20.5. The lowest BCUT2D eigenvalue weighted by Crippen LogP contribution is -2.36. The summed E-state index contributed by atoms with van der Waals surface area (Å²) >= 11 is 0. The summed E-state index contributed by atoms with van der Waals surface area (Å²) in [4.78, 5) is 42.6. The number of carbonyl (C=O) groups is 2. The summed E-state index contributed by atoms with van der Waals surface area (Å²) in [5.41, 5.74) is 3.62. The van der Waals surface area contributed by atoms with Crippen molar-refractivity contribution in [2.45, 2.75) is 38.6 Å². The van der Waals surface area contributed by atoms with Gasteiger partial charge in [-0.15, -0.1) is 0 Å². The minimum absolute atomic E-state index is 0.0315. The number of amides is 2. The lowest BCUT2D eigenvalue weighted by Gasteiger charge is -2.28. The zero-order chi connectivity index (χ0) is 22.2. The Morgan fingerprint density at radius 2 is 2.09 bits per heavy atom. The molecule has 8 nitrogen and oxygen atoms in total. The zero-order valence-corrected chi connectivity index (χ0v) is 18.3. The molecule has 0 bridgehead atoms. The van der Waals surface area contributed by atoms with Crippen LogP contribution in [0.2, 0.25) is 0 Å². The fourth-order valence-electron chi connectivity index (χ4n) is 4.69. The second-order valence-electron chi connectivity index (χ2n) is 8.51. The molecule has 4 heterocycles. The molecule has 0 spiro atoms. The highest BCUT2D eigenvalue weighted by Gasteiger charge is 2.32. The third-order valence-electron chi connectivity index (χ3n) is 6.39. The Bertz CT molecular complexity index is 1210. The quantitative estimate of drug-likeness (QED) is 0.684. The van der Waals surface area contributed by atoms with Gasteiger partial charge in [0.25, 0.3) is 0 Å². The Labute approximate surface area is 186 Å². The van der Waals surface area contributed by atoms with E-state index < -0.39 is 0 Å². The molecule has 1 aromatic carbocycles. The summed E-state index contributed by atoms with van der Waals surface area (Å²) in [6, 6.07) is 9.55. The second kappa shape index (κ2) is 8.27. The third kappa shape index (κ3) is 3.82. The molecule has 164 valence electrons. The molecule has 1 N–H and O–H groups in total. The maximum Gasteiger partial charge on any atom is 0.238 e. The number of aromatic nitrogens is 3. The fraction of sp³-hybridized carbons (Fsp3) is 0.375. The smallest absolute Gasteiger partial charge is 0.238 e. The van der Waals surface area contributed by atoms with Crippen LogP contribution in [0.1, 0.15) is 42.4 Å². The number of fused-ring (bicyclic) bond motifs is 2. The molecule has 0 saturated carbocycles. The van der Waals surface area contributed by atoms with Crippen LogP contribution >= 0.6 is 0 Å². The number of rotatable bonds is 4. The zero-order valence-electron chi connectivity index (χ0n) is 18.3. The summed E-state index contributed by atoms with van der Waals surface area (Å²) in [5, 5.41) is 3.99. The molecule has 1 saturated heterocycles. The minimum atomic E-state index is -0.0675. The molecule has 2 aliphatic rings. The number of benzene rings is 1. The number of anilines is 2. The van der Waals surface area contributed by atoms with Crippen LogP contribution in [0.5, 0.6) is 0 Å². The lowest BCUT2D eigenvalue weighted by atomic mass is 10.0. The molecule has 5 rings (SSSR count). The molecule has 2 aliphatic heterocycles. The topological polar surface area (TPSA) is 91.3 Å². The van der Waals surface area contributed by atoms with Gasteiger partial charge in [-0.05, 0) is 57.0 Å². The Morgan fingerprint density at radius 3 is 2.97 bits per heavy atom. The Morgan fingerprint density at radius 1 is 1.22 bits per heavy atom. The van der Waals surface area contributed by atoms with Crippen LogP contribution in [0.3, 0.4) is 0 Å². The van der Waals surface area contributed by atoms with Gasteiger partial charge in [0.15, 0.2) is 0 Å². The van der Waals surface area contributed by atoms with Gasteiger partial charge in [0.05, 0.1) is 18.1 Å². The highest BCUT2D eigenvalue weighted by molar-refractivity contribution is 5.95. The van der Waals surface area contributed by atoms with Crippen LogP contribution < -0.4 is 10.2 Å². The van der Waals surface area contributed by atoms with Crippen molar-refractivity contribution in [3.05, 3.63) is 53.6 Å². The maximum atomic E-state index is 12.8. The van der Waals surface area contributed by atoms with Gasteiger partial charge in [0.1, 0.15) is 11.6 Å². The van der Waals surface area contributed by atoms with Crippen LogP contribution in [-0.2, 0) is 16.0 Å². The van der Waals surface area contributed by atoms with Gasteiger partial charge < -0.3 is 5.32 Å². The molecule has 2 aromatic heterocycles. The van der Waals surface area contributed by atoms with Crippen molar-refractivity contribution < 1.29 is 9.59 Å². The summed E-state index contributed by atoms with van der Waals surface area (Å²) in [5.74, 6) is 1.42. The number of carbonyl (C=O) groups excluding carboxylic acids is 2. The highest BCUT2D eigenvalue weighted by Crippen LogP contribution is 2.34. The number of aryl methyl sites for hydroxylation is 1. The fourth-order valence-corrected chi connectivity index (χ4v) is 4.69.